The van der Waals surface area contributed by atoms with E-state index in [0.29, 0.717) is 19.4 Å². The van der Waals surface area contributed by atoms with Crippen molar-refractivity contribution in [1.29, 1.82) is 0 Å². The minimum absolute atomic E-state index is 0.0180. The number of aryl methyl sites for hydroxylation is 3. The van der Waals surface area contributed by atoms with Crippen molar-refractivity contribution in [3.8, 4) is 11.3 Å². The maximum atomic E-state index is 11.9. The second-order valence-corrected chi connectivity index (χ2v) is 5.92. The van der Waals surface area contributed by atoms with Crippen molar-refractivity contribution in [1.82, 2.24) is 5.32 Å². The standard InChI is InChI=1S/C20H21NO3/c1-14-5-6-16(12-15(14)2)19-9-7-17(24-19)8-10-20(22)21-13-18-4-3-11-23-18/h3-7,9,11-12H,8,10,13H2,1-2H3,(H,21,22). The molecule has 4 heteroatoms. The van der Waals surface area contributed by atoms with E-state index in [4.69, 9.17) is 8.83 Å². The first-order chi connectivity index (χ1) is 11.6. The minimum Gasteiger partial charge on any atom is -0.467 e. The number of amides is 1. The number of carbonyl (C=O) groups excluding carboxylic acids is 1. The molecule has 0 fully saturated rings. The number of nitrogens with one attached hydrogen (secondary N) is 1. The number of rotatable bonds is 6. The van der Waals surface area contributed by atoms with Crippen LogP contribution in [0.4, 0.5) is 0 Å². The molecule has 0 atom stereocenters. The first kappa shape index (κ1) is 16.1. The Morgan fingerprint density at radius 1 is 1.04 bits per heavy atom. The lowest BCUT2D eigenvalue weighted by Gasteiger charge is -2.03. The van der Waals surface area contributed by atoms with Gasteiger partial charge in [0.1, 0.15) is 17.3 Å². The smallest absolute Gasteiger partial charge is 0.220 e. The number of hydrogen-bond acceptors (Lipinski definition) is 3. The molecular weight excluding hydrogens is 302 g/mol. The van der Waals surface area contributed by atoms with Crippen molar-refractivity contribution in [2.45, 2.75) is 33.2 Å². The predicted octanol–water partition coefficient (Wildman–Crippen LogP) is 4.41. The van der Waals surface area contributed by atoms with Crippen LogP contribution >= 0.6 is 0 Å². The van der Waals surface area contributed by atoms with Crippen molar-refractivity contribution in [3.63, 3.8) is 0 Å². The molecule has 0 radical (unpaired) electrons. The maximum Gasteiger partial charge on any atom is 0.220 e. The maximum absolute atomic E-state index is 11.9. The molecule has 3 rings (SSSR count). The van der Waals surface area contributed by atoms with E-state index in [-0.39, 0.29) is 5.91 Å². The Morgan fingerprint density at radius 2 is 1.92 bits per heavy atom. The highest BCUT2D eigenvalue weighted by Crippen LogP contribution is 2.24. The number of hydrogen-bond donors (Lipinski definition) is 1. The van der Waals surface area contributed by atoms with Gasteiger partial charge >= 0.3 is 0 Å². The summed E-state index contributed by atoms with van der Waals surface area (Å²) in [6.07, 6.45) is 2.56. The van der Waals surface area contributed by atoms with Gasteiger partial charge in [0.15, 0.2) is 0 Å². The molecule has 0 unspecified atom stereocenters. The Hall–Kier alpha value is -2.75. The lowest BCUT2D eigenvalue weighted by molar-refractivity contribution is -0.121. The van der Waals surface area contributed by atoms with Crippen LogP contribution in [0.25, 0.3) is 11.3 Å². The summed E-state index contributed by atoms with van der Waals surface area (Å²) in [6.45, 7) is 4.60. The minimum atomic E-state index is -0.0180. The summed E-state index contributed by atoms with van der Waals surface area (Å²) >= 11 is 0. The van der Waals surface area contributed by atoms with Gasteiger partial charge in [0.25, 0.3) is 0 Å². The lowest BCUT2D eigenvalue weighted by atomic mass is 10.1. The molecule has 1 N–H and O–H groups in total. The van der Waals surface area contributed by atoms with Crippen LogP contribution in [0, 0.1) is 13.8 Å². The Kier molecular flexibility index (Phi) is 4.85. The normalized spacial score (nSPS) is 10.8. The third-order valence-electron chi connectivity index (χ3n) is 4.09. The summed E-state index contributed by atoms with van der Waals surface area (Å²) in [7, 11) is 0. The monoisotopic (exact) mass is 323 g/mol. The van der Waals surface area contributed by atoms with Crippen molar-refractivity contribution in [3.05, 3.63) is 71.4 Å². The SMILES string of the molecule is Cc1ccc(-c2ccc(CCC(=O)NCc3ccco3)o2)cc1C. The molecule has 124 valence electrons. The fraction of sp³-hybridized carbons (Fsp3) is 0.250. The molecule has 0 bridgehead atoms. The van der Waals surface area contributed by atoms with E-state index in [1.165, 1.54) is 11.1 Å². The molecule has 0 aliphatic rings. The third kappa shape index (κ3) is 3.96. The number of benzene rings is 1. The van der Waals surface area contributed by atoms with Crippen molar-refractivity contribution >= 4 is 5.91 Å². The molecule has 0 saturated carbocycles. The fourth-order valence-electron chi connectivity index (χ4n) is 2.49. The van der Waals surface area contributed by atoms with Gasteiger partial charge in [-0.05, 0) is 55.3 Å². The van der Waals surface area contributed by atoms with Crippen LogP contribution in [0.3, 0.4) is 0 Å². The van der Waals surface area contributed by atoms with Crippen LogP contribution in [0.1, 0.15) is 29.1 Å². The largest absolute Gasteiger partial charge is 0.467 e. The zero-order valence-corrected chi connectivity index (χ0v) is 14.0. The molecule has 0 aliphatic carbocycles. The highest BCUT2D eigenvalue weighted by Gasteiger charge is 2.08. The van der Waals surface area contributed by atoms with Gasteiger partial charge in [-0.3, -0.25) is 4.79 Å². The van der Waals surface area contributed by atoms with E-state index >= 15 is 0 Å². The highest BCUT2D eigenvalue weighted by molar-refractivity contribution is 5.76. The van der Waals surface area contributed by atoms with Crippen LogP contribution in [0.2, 0.25) is 0 Å². The second-order valence-electron chi connectivity index (χ2n) is 5.92. The number of carbonyl (C=O) groups is 1. The van der Waals surface area contributed by atoms with E-state index in [0.717, 1.165) is 22.8 Å². The molecule has 1 aromatic carbocycles. The molecule has 2 heterocycles. The predicted molar refractivity (Wildman–Crippen MR) is 92.5 cm³/mol. The van der Waals surface area contributed by atoms with E-state index < -0.39 is 0 Å². The van der Waals surface area contributed by atoms with Crippen molar-refractivity contribution in [2.75, 3.05) is 0 Å². The molecule has 24 heavy (non-hydrogen) atoms. The third-order valence-corrected chi connectivity index (χ3v) is 4.09. The zero-order chi connectivity index (χ0) is 16.9. The molecule has 0 aliphatic heterocycles. The van der Waals surface area contributed by atoms with E-state index in [1.807, 2.05) is 18.2 Å². The van der Waals surface area contributed by atoms with Crippen LogP contribution in [0.5, 0.6) is 0 Å². The van der Waals surface area contributed by atoms with Gasteiger partial charge in [0.05, 0.1) is 12.8 Å². The van der Waals surface area contributed by atoms with Crippen molar-refractivity contribution < 1.29 is 13.6 Å². The van der Waals surface area contributed by atoms with Crippen LogP contribution in [-0.4, -0.2) is 5.91 Å². The first-order valence-corrected chi connectivity index (χ1v) is 8.07. The Balaban J connectivity index is 1.54. The van der Waals surface area contributed by atoms with Crippen LogP contribution in [-0.2, 0) is 17.8 Å². The average molecular weight is 323 g/mol. The second kappa shape index (κ2) is 7.21. The van der Waals surface area contributed by atoms with E-state index in [9.17, 15) is 4.79 Å². The van der Waals surface area contributed by atoms with Gasteiger partial charge in [-0.2, -0.15) is 0 Å². The van der Waals surface area contributed by atoms with E-state index in [1.54, 1.807) is 12.3 Å². The summed E-state index contributed by atoms with van der Waals surface area (Å²) in [5.74, 6) is 2.38. The van der Waals surface area contributed by atoms with Crippen molar-refractivity contribution in [2.24, 2.45) is 0 Å². The van der Waals surface area contributed by atoms with Crippen LogP contribution < -0.4 is 5.32 Å². The quantitative estimate of drug-likeness (QED) is 0.731. The molecule has 3 aromatic rings. The summed E-state index contributed by atoms with van der Waals surface area (Å²) < 4.78 is 11.1. The summed E-state index contributed by atoms with van der Waals surface area (Å²) in [5, 5.41) is 2.83. The Bertz CT molecular complexity index is 815. The van der Waals surface area contributed by atoms with E-state index in [2.05, 4.69) is 37.4 Å². The molecular formula is C20H21NO3. The summed E-state index contributed by atoms with van der Waals surface area (Å²) in [4.78, 5) is 11.9. The Labute approximate surface area is 141 Å². The van der Waals surface area contributed by atoms with Gasteiger partial charge in [0, 0.05) is 18.4 Å². The molecule has 4 nitrogen and oxygen atoms in total. The van der Waals surface area contributed by atoms with Gasteiger partial charge in [-0.15, -0.1) is 0 Å². The summed E-state index contributed by atoms with van der Waals surface area (Å²) in [6, 6.07) is 13.8. The zero-order valence-electron chi connectivity index (χ0n) is 14.0. The fourth-order valence-corrected chi connectivity index (χ4v) is 2.49. The molecule has 0 saturated heterocycles. The van der Waals surface area contributed by atoms with Crippen LogP contribution in [0.15, 0.2) is 57.6 Å². The molecule has 1 amide bonds. The molecule has 0 spiro atoms. The lowest BCUT2D eigenvalue weighted by Crippen LogP contribution is -2.22. The number of furan rings is 2. The Morgan fingerprint density at radius 3 is 2.67 bits per heavy atom. The van der Waals surface area contributed by atoms with Gasteiger partial charge in [-0.1, -0.05) is 12.1 Å². The first-order valence-electron chi connectivity index (χ1n) is 8.07. The van der Waals surface area contributed by atoms with Gasteiger partial charge in [-0.25, -0.2) is 0 Å². The summed E-state index contributed by atoms with van der Waals surface area (Å²) in [5.41, 5.74) is 3.56. The highest BCUT2D eigenvalue weighted by atomic mass is 16.3. The van der Waals surface area contributed by atoms with Gasteiger partial charge < -0.3 is 14.2 Å². The topological polar surface area (TPSA) is 55.4 Å². The molecule has 2 aromatic heterocycles. The van der Waals surface area contributed by atoms with Gasteiger partial charge in [0.2, 0.25) is 5.91 Å². The average Bonchev–Trinajstić information content (AvgIpc) is 3.25.